The molecule has 1 atom stereocenters. The standard InChI is InChI=1S/C15H20N2O3/c1-3-11-7-8-17(9-11)15(20)16-12-6-4-5-10(2)13(12)14(18)19/h4-6,11H,3,7-9H2,1-2H3,(H,16,20)(H,18,19). The van der Waals surface area contributed by atoms with Crippen molar-refractivity contribution in [3.63, 3.8) is 0 Å². The second-order valence-corrected chi connectivity index (χ2v) is 5.24. The minimum Gasteiger partial charge on any atom is -0.478 e. The Hall–Kier alpha value is -2.04. The molecule has 108 valence electrons. The first kappa shape index (κ1) is 14.4. The summed E-state index contributed by atoms with van der Waals surface area (Å²) in [7, 11) is 0. The molecule has 0 saturated carbocycles. The van der Waals surface area contributed by atoms with Gasteiger partial charge in [-0.2, -0.15) is 0 Å². The zero-order chi connectivity index (χ0) is 14.7. The van der Waals surface area contributed by atoms with Crippen LogP contribution in [0.5, 0.6) is 0 Å². The van der Waals surface area contributed by atoms with Crippen LogP contribution < -0.4 is 5.32 Å². The molecule has 0 aromatic heterocycles. The molecule has 0 radical (unpaired) electrons. The molecule has 1 aromatic carbocycles. The summed E-state index contributed by atoms with van der Waals surface area (Å²) in [5.74, 6) is -0.469. The van der Waals surface area contributed by atoms with Crippen molar-refractivity contribution >= 4 is 17.7 Å². The summed E-state index contributed by atoms with van der Waals surface area (Å²) < 4.78 is 0. The zero-order valence-electron chi connectivity index (χ0n) is 11.8. The normalized spacial score (nSPS) is 18.1. The van der Waals surface area contributed by atoms with Crippen LogP contribution in [0, 0.1) is 12.8 Å². The van der Waals surface area contributed by atoms with Crippen molar-refractivity contribution < 1.29 is 14.7 Å². The number of rotatable bonds is 3. The first-order chi connectivity index (χ1) is 9.52. The molecule has 0 aliphatic carbocycles. The van der Waals surface area contributed by atoms with E-state index < -0.39 is 5.97 Å². The van der Waals surface area contributed by atoms with E-state index in [-0.39, 0.29) is 11.6 Å². The maximum Gasteiger partial charge on any atom is 0.338 e. The first-order valence-corrected chi connectivity index (χ1v) is 6.91. The second kappa shape index (κ2) is 5.94. The van der Waals surface area contributed by atoms with Crippen LogP contribution >= 0.6 is 0 Å². The first-order valence-electron chi connectivity index (χ1n) is 6.91. The van der Waals surface area contributed by atoms with Crippen LogP contribution in [0.2, 0.25) is 0 Å². The van der Waals surface area contributed by atoms with Crippen molar-refractivity contribution in [2.75, 3.05) is 18.4 Å². The lowest BCUT2D eigenvalue weighted by Gasteiger charge is -2.18. The molecular formula is C15H20N2O3. The number of anilines is 1. The number of hydrogen-bond donors (Lipinski definition) is 2. The van der Waals surface area contributed by atoms with Gasteiger partial charge in [0.25, 0.3) is 0 Å². The van der Waals surface area contributed by atoms with Gasteiger partial charge in [0, 0.05) is 13.1 Å². The Morgan fingerprint density at radius 3 is 2.80 bits per heavy atom. The van der Waals surface area contributed by atoms with E-state index in [0.717, 1.165) is 25.9 Å². The van der Waals surface area contributed by atoms with E-state index in [1.165, 1.54) is 0 Å². The van der Waals surface area contributed by atoms with Crippen LogP contribution in [-0.4, -0.2) is 35.1 Å². The highest BCUT2D eigenvalue weighted by molar-refractivity contribution is 6.01. The van der Waals surface area contributed by atoms with Crippen LogP contribution in [0.1, 0.15) is 35.7 Å². The predicted molar refractivity (Wildman–Crippen MR) is 77.1 cm³/mol. The number of aromatic carboxylic acids is 1. The maximum absolute atomic E-state index is 12.2. The highest BCUT2D eigenvalue weighted by atomic mass is 16.4. The molecule has 1 fully saturated rings. The van der Waals surface area contributed by atoms with Crippen LogP contribution in [0.15, 0.2) is 18.2 Å². The number of benzene rings is 1. The molecule has 1 unspecified atom stereocenters. The van der Waals surface area contributed by atoms with E-state index in [9.17, 15) is 14.7 Å². The van der Waals surface area contributed by atoms with E-state index in [4.69, 9.17) is 0 Å². The number of carbonyl (C=O) groups excluding carboxylic acids is 1. The van der Waals surface area contributed by atoms with E-state index in [1.54, 1.807) is 30.0 Å². The zero-order valence-corrected chi connectivity index (χ0v) is 11.8. The van der Waals surface area contributed by atoms with E-state index in [2.05, 4.69) is 12.2 Å². The van der Waals surface area contributed by atoms with Gasteiger partial charge in [-0.05, 0) is 30.9 Å². The van der Waals surface area contributed by atoms with Gasteiger partial charge in [-0.3, -0.25) is 0 Å². The molecule has 1 heterocycles. The summed E-state index contributed by atoms with van der Waals surface area (Å²) in [6.45, 7) is 5.33. The van der Waals surface area contributed by atoms with Crippen LogP contribution in [-0.2, 0) is 0 Å². The number of carbonyl (C=O) groups is 2. The highest BCUT2D eigenvalue weighted by Crippen LogP contribution is 2.23. The number of nitrogens with one attached hydrogen (secondary N) is 1. The largest absolute Gasteiger partial charge is 0.478 e. The fraction of sp³-hybridized carbons (Fsp3) is 0.467. The van der Waals surface area contributed by atoms with Gasteiger partial charge in [0.15, 0.2) is 0 Å². The van der Waals surface area contributed by atoms with E-state index >= 15 is 0 Å². The maximum atomic E-state index is 12.2. The van der Waals surface area contributed by atoms with Gasteiger partial charge in [0.2, 0.25) is 0 Å². The number of nitrogens with zero attached hydrogens (tertiary/aromatic N) is 1. The number of likely N-dealkylation sites (tertiary alicyclic amines) is 1. The topological polar surface area (TPSA) is 69.6 Å². The van der Waals surface area contributed by atoms with Gasteiger partial charge in [0.1, 0.15) is 0 Å². The summed E-state index contributed by atoms with van der Waals surface area (Å²) in [4.78, 5) is 25.2. The predicted octanol–water partition coefficient (Wildman–Crippen LogP) is 2.96. The number of hydrogen-bond acceptors (Lipinski definition) is 2. The number of carboxylic acid groups (broad SMARTS) is 1. The van der Waals surface area contributed by atoms with E-state index in [1.807, 2.05) is 0 Å². The lowest BCUT2D eigenvalue weighted by molar-refractivity contribution is 0.0697. The molecule has 1 aliphatic rings. The third kappa shape index (κ3) is 2.92. The Morgan fingerprint density at radius 2 is 2.20 bits per heavy atom. The molecule has 0 bridgehead atoms. The smallest absolute Gasteiger partial charge is 0.338 e. The molecule has 2 N–H and O–H groups in total. The summed E-state index contributed by atoms with van der Waals surface area (Å²) in [5.41, 5.74) is 1.16. The van der Waals surface area contributed by atoms with E-state index in [0.29, 0.717) is 17.2 Å². The minimum atomic E-state index is -1.02. The van der Waals surface area contributed by atoms with Gasteiger partial charge in [-0.25, -0.2) is 9.59 Å². The Kier molecular flexibility index (Phi) is 4.27. The molecule has 2 rings (SSSR count). The van der Waals surface area contributed by atoms with Crippen molar-refractivity contribution in [1.82, 2.24) is 4.90 Å². The molecule has 2 amide bonds. The summed E-state index contributed by atoms with van der Waals surface area (Å²) in [5, 5.41) is 12.0. The van der Waals surface area contributed by atoms with Crippen molar-refractivity contribution in [2.45, 2.75) is 26.7 Å². The molecule has 20 heavy (non-hydrogen) atoms. The molecule has 1 aromatic rings. The summed E-state index contributed by atoms with van der Waals surface area (Å²) >= 11 is 0. The van der Waals surface area contributed by atoms with Crippen molar-refractivity contribution in [2.24, 2.45) is 5.92 Å². The van der Waals surface area contributed by atoms with Gasteiger partial charge in [-0.15, -0.1) is 0 Å². The Morgan fingerprint density at radius 1 is 1.45 bits per heavy atom. The Labute approximate surface area is 118 Å². The van der Waals surface area contributed by atoms with Crippen LogP contribution in [0.25, 0.3) is 0 Å². The number of urea groups is 1. The molecule has 1 saturated heterocycles. The molecular weight excluding hydrogens is 256 g/mol. The molecule has 5 nitrogen and oxygen atoms in total. The van der Waals surface area contributed by atoms with Crippen LogP contribution in [0.3, 0.4) is 0 Å². The fourth-order valence-electron chi connectivity index (χ4n) is 2.60. The number of amides is 2. The van der Waals surface area contributed by atoms with Gasteiger partial charge >= 0.3 is 12.0 Å². The summed E-state index contributed by atoms with van der Waals surface area (Å²) in [6, 6.07) is 4.88. The third-order valence-corrected chi connectivity index (χ3v) is 3.88. The molecule has 5 heteroatoms. The van der Waals surface area contributed by atoms with Crippen LogP contribution in [0.4, 0.5) is 10.5 Å². The second-order valence-electron chi connectivity index (χ2n) is 5.24. The lowest BCUT2D eigenvalue weighted by Crippen LogP contribution is -2.33. The van der Waals surface area contributed by atoms with Gasteiger partial charge < -0.3 is 15.3 Å². The quantitative estimate of drug-likeness (QED) is 0.891. The van der Waals surface area contributed by atoms with Gasteiger partial charge in [-0.1, -0.05) is 25.5 Å². The van der Waals surface area contributed by atoms with Crippen molar-refractivity contribution in [3.05, 3.63) is 29.3 Å². The number of aryl methyl sites for hydroxylation is 1. The monoisotopic (exact) mass is 276 g/mol. The minimum absolute atomic E-state index is 0.159. The summed E-state index contributed by atoms with van der Waals surface area (Å²) in [6.07, 6.45) is 2.08. The number of carboxylic acids is 1. The van der Waals surface area contributed by atoms with Gasteiger partial charge in [0.05, 0.1) is 11.3 Å². The molecule has 1 aliphatic heterocycles. The highest BCUT2D eigenvalue weighted by Gasteiger charge is 2.26. The Bertz CT molecular complexity index is 528. The lowest BCUT2D eigenvalue weighted by atomic mass is 10.1. The van der Waals surface area contributed by atoms with Crippen molar-refractivity contribution in [1.29, 1.82) is 0 Å². The SMILES string of the molecule is CCC1CCN(C(=O)Nc2cccc(C)c2C(=O)O)C1. The third-order valence-electron chi connectivity index (χ3n) is 3.88. The van der Waals surface area contributed by atoms with Crippen molar-refractivity contribution in [3.8, 4) is 0 Å². The molecule has 0 spiro atoms. The average molecular weight is 276 g/mol. The Balaban J connectivity index is 2.13. The average Bonchev–Trinajstić information content (AvgIpc) is 2.87. The fourth-order valence-corrected chi connectivity index (χ4v) is 2.60.